The molecule has 5 heteroatoms. The molecule has 0 saturated heterocycles. The Morgan fingerprint density at radius 2 is 0.379 bits per heavy atom. The van der Waals surface area contributed by atoms with Gasteiger partial charge < -0.3 is 0 Å². The fourth-order valence-electron chi connectivity index (χ4n) is 18.6. The number of phosphoric acid groups is 1. The molecule has 4 nitrogen and oxygen atoms in total. The van der Waals surface area contributed by atoms with Crippen molar-refractivity contribution >= 4 is 7.82 Å². The first kappa shape index (κ1) is 89.3. The van der Waals surface area contributed by atoms with E-state index in [1.165, 1.54) is 462 Å². The molecule has 0 aromatic rings. The van der Waals surface area contributed by atoms with E-state index in [1.807, 2.05) is 0 Å². The molecular formula is C90H177O4P. The van der Waals surface area contributed by atoms with Gasteiger partial charge in [-0.2, -0.15) is 0 Å². The van der Waals surface area contributed by atoms with Gasteiger partial charge in [-0.3, -0.25) is 13.6 Å². The van der Waals surface area contributed by atoms with Crippen molar-refractivity contribution in [3.63, 3.8) is 0 Å². The van der Waals surface area contributed by atoms with Crippen molar-refractivity contribution in [2.75, 3.05) is 0 Å². The van der Waals surface area contributed by atoms with Gasteiger partial charge in [0.15, 0.2) is 0 Å². The van der Waals surface area contributed by atoms with E-state index in [0.29, 0.717) is 17.8 Å². The first-order valence-corrected chi connectivity index (χ1v) is 47.0. The summed E-state index contributed by atoms with van der Waals surface area (Å²) in [5.74, 6) is 1.26. The third-order valence-corrected chi connectivity index (χ3v) is 26.7. The minimum atomic E-state index is -4.17. The van der Waals surface area contributed by atoms with Crippen molar-refractivity contribution in [2.45, 2.75) is 559 Å². The molecule has 3 saturated carbocycles. The molecule has 0 aromatic carbocycles. The summed E-state index contributed by atoms with van der Waals surface area (Å²) in [4.78, 5) is 0. The molecule has 95 heavy (non-hydrogen) atoms. The molecule has 0 radical (unpaired) electrons. The molecule has 0 N–H and O–H groups in total. The second-order valence-corrected chi connectivity index (χ2v) is 34.9. The summed E-state index contributed by atoms with van der Waals surface area (Å²) in [7, 11) is -4.17. The number of hydrogen-bond donors (Lipinski definition) is 0. The molecule has 6 atom stereocenters. The molecule has 0 spiro atoms. The van der Waals surface area contributed by atoms with E-state index in [4.69, 9.17) is 13.6 Å². The van der Waals surface area contributed by atoms with Gasteiger partial charge >= 0.3 is 7.82 Å². The molecule has 0 aromatic heterocycles. The zero-order valence-electron chi connectivity index (χ0n) is 66.5. The predicted molar refractivity (Wildman–Crippen MR) is 424 cm³/mol. The summed E-state index contributed by atoms with van der Waals surface area (Å²) >= 11 is 0. The highest BCUT2D eigenvalue weighted by Gasteiger charge is 2.56. The summed E-state index contributed by atoms with van der Waals surface area (Å²) in [5.41, 5.74) is -1.36. The molecule has 6 unspecified atom stereocenters. The average Bonchev–Trinajstić information content (AvgIpc) is 0.780. The monoisotopic (exact) mass is 1350 g/mol. The number of rotatable bonds is 72. The molecule has 566 valence electrons. The van der Waals surface area contributed by atoms with Crippen molar-refractivity contribution in [2.24, 2.45) is 17.8 Å². The van der Waals surface area contributed by atoms with Crippen molar-refractivity contribution in [3.8, 4) is 0 Å². The number of phosphoric ester groups is 1. The topological polar surface area (TPSA) is 44.8 Å². The van der Waals surface area contributed by atoms with Crippen LogP contribution < -0.4 is 0 Å². The lowest BCUT2D eigenvalue weighted by Crippen LogP contribution is -2.49. The van der Waals surface area contributed by atoms with Crippen LogP contribution in [0.4, 0.5) is 0 Å². The lowest BCUT2D eigenvalue weighted by Gasteiger charge is -2.52. The Labute approximate surface area is 599 Å². The molecule has 3 aliphatic carbocycles. The molecule has 0 aliphatic heterocycles. The minimum absolute atomic E-state index is 0.419. The van der Waals surface area contributed by atoms with Crippen LogP contribution in [0.5, 0.6) is 0 Å². The normalized spacial score (nSPS) is 22.4. The van der Waals surface area contributed by atoms with Crippen molar-refractivity contribution in [1.82, 2.24) is 0 Å². The zero-order chi connectivity index (χ0) is 68.0. The van der Waals surface area contributed by atoms with Crippen LogP contribution in [0.2, 0.25) is 0 Å². The van der Waals surface area contributed by atoms with Crippen LogP contribution in [0.15, 0.2) is 0 Å². The summed E-state index contributed by atoms with van der Waals surface area (Å²) in [6, 6.07) is 0. The van der Waals surface area contributed by atoms with Crippen LogP contribution in [0.25, 0.3) is 0 Å². The van der Waals surface area contributed by atoms with Gasteiger partial charge in [0.1, 0.15) is 0 Å². The lowest BCUT2D eigenvalue weighted by atomic mass is 9.70. The third-order valence-electron chi connectivity index (χ3n) is 24.9. The Morgan fingerprint density at radius 3 is 0.558 bits per heavy atom. The smallest absolute Gasteiger partial charge is 0.280 e. The predicted octanol–water partition coefficient (Wildman–Crippen LogP) is 33.8. The van der Waals surface area contributed by atoms with Crippen LogP contribution in [0.1, 0.15) is 542 Å². The zero-order valence-corrected chi connectivity index (χ0v) is 67.4. The highest BCUT2D eigenvalue weighted by atomic mass is 31.2. The SMILES string of the molecule is CCCCCCCCCCCCC1CCCCC1(CCCCCCCCCCCC)OP(=O)(OC1(CCCCCCCCCCCC)CCCCC1CCCCCCCCCCCC)OC1(CCCCCCCCCCCC)CCCCC1CCCCCCCCCCCC. The van der Waals surface area contributed by atoms with E-state index < -0.39 is 24.6 Å². The minimum Gasteiger partial charge on any atom is -0.280 e. The summed E-state index contributed by atoms with van der Waals surface area (Å²) < 4.78 is 42.9. The molecule has 3 fully saturated rings. The van der Waals surface area contributed by atoms with E-state index in [0.717, 1.165) is 38.5 Å². The van der Waals surface area contributed by atoms with Crippen molar-refractivity contribution in [1.29, 1.82) is 0 Å². The summed E-state index contributed by atoms with van der Waals surface area (Å²) in [6.07, 6.45) is 102. The van der Waals surface area contributed by atoms with E-state index in [9.17, 15) is 0 Å². The second kappa shape index (κ2) is 62.7. The van der Waals surface area contributed by atoms with Gasteiger partial charge in [-0.1, -0.05) is 465 Å². The largest absolute Gasteiger partial charge is 0.476 e. The van der Waals surface area contributed by atoms with E-state index >= 15 is 4.57 Å². The second-order valence-electron chi connectivity index (χ2n) is 33.5. The quantitative estimate of drug-likeness (QED) is 0.0450. The number of hydrogen-bond acceptors (Lipinski definition) is 4. The van der Waals surface area contributed by atoms with Crippen molar-refractivity contribution in [3.05, 3.63) is 0 Å². The molecule has 0 amide bonds. The molecule has 0 heterocycles. The maximum absolute atomic E-state index is 18.1. The van der Waals surface area contributed by atoms with Gasteiger partial charge in [0.25, 0.3) is 0 Å². The summed E-state index contributed by atoms with van der Waals surface area (Å²) in [5, 5.41) is 0. The maximum atomic E-state index is 18.1. The van der Waals surface area contributed by atoms with E-state index in [-0.39, 0.29) is 0 Å². The van der Waals surface area contributed by atoms with E-state index in [1.54, 1.807) is 0 Å². The Hall–Kier alpha value is 0.110. The van der Waals surface area contributed by atoms with Gasteiger partial charge in [0.2, 0.25) is 0 Å². The maximum Gasteiger partial charge on any atom is 0.476 e. The first-order chi connectivity index (χ1) is 46.8. The standard InChI is InChI=1S/C90H177O4P/c1-7-13-19-25-31-37-43-49-55-61-73-85-76-64-70-82-88(85,79-67-58-52-46-40-34-28-22-16-10-4)92-95(91,93-89(80-68-59-53-47-41-35-29-23-17-11-5)83-71-65-77-86(89)74-62-56-50-44-38-32-26-20-14-8-2)94-90(81-69-60-54-48-42-36-30-24-18-12-6)84-72-66-78-87(90)75-63-57-51-45-39-33-27-21-15-9-3/h85-87H,7-84H2,1-6H3. The van der Waals surface area contributed by atoms with Crippen LogP contribution in [-0.4, -0.2) is 16.8 Å². The Balaban J connectivity index is 2.15. The fraction of sp³-hybridized carbons (Fsp3) is 1.00. The highest BCUT2D eigenvalue weighted by Crippen LogP contribution is 2.67. The Bertz CT molecular complexity index is 1460. The molecule has 3 rings (SSSR count). The van der Waals surface area contributed by atoms with Crippen LogP contribution in [0, 0.1) is 17.8 Å². The van der Waals surface area contributed by atoms with Gasteiger partial charge in [-0.25, -0.2) is 4.57 Å². The van der Waals surface area contributed by atoms with E-state index in [2.05, 4.69) is 41.5 Å². The fourth-order valence-corrected chi connectivity index (χ4v) is 21.1. The molecular weight excluding hydrogens is 1180 g/mol. The third kappa shape index (κ3) is 43.7. The average molecular weight is 1350 g/mol. The Kier molecular flexibility index (Phi) is 58.9. The lowest BCUT2D eigenvalue weighted by molar-refractivity contribution is -0.139. The van der Waals surface area contributed by atoms with Gasteiger partial charge in [0, 0.05) is 0 Å². The Morgan fingerprint density at radius 1 is 0.221 bits per heavy atom. The number of unbranched alkanes of at least 4 members (excludes halogenated alkanes) is 54. The molecule has 0 bridgehead atoms. The molecule has 3 aliphatic rings. The summed E-state index contributed by atoms with van der Waals surface area (Å²) in [6.45, 7) is 14.1. The van der Waals surface area contributed by atoms with Gasteiger partial charge in [-0.15, -0.1) is 0 Å². The van der Waals surface area contributed by atoms with Crippen LogP contribution >= 0.6 is 7.82 Å². The van der Waals surface area contributed by atoms with Crippen LogP contribution in [0.3, 0.4) is 0 Å². The van der Waals surface area contributed by atoms with Crippen molar-refractivity contribution < 1.29 is 18.1 Å². The highest BCUT2D eigenvalue weighted by molar-refractivity contribution is 7.48. The van der Waals surface area contributed by atoms with Gasteiger partial charge in [0.05, 0.1) is 16.8 Å². The van der Waals surface area contributed by atoms with Crippen LogP contribution in [-0.2, 0) is 18.1 Å². The van der Waals surface area contributed by atoms with Gasteiger partial charge in [-0.05, 0) is 94.8 Å². The first-order valence-electron chi connectivity index (χ1n) is 45.5.